The molecule has 2 aliphatic carbocycles. The second-order valence-corrected chi connectivity index (χ2v) is 9.75. The van der Waals surface area contributed by atoms with Crippen molar-refractivity contribution in [1.29, 1.82) is 0 Å². The molecule has 2 saturated carbocycles. The molecule has 0 radical (unpaired) electrons. The molecule has 154 valence electrons. The summed E-state index contributed by atoms with van der Waals surface area (Å²) in [6.07, 6.45) is 36.5. The number of hydrogen-bond donors (Lipinski definition) is 0. The van der Waals surface area contributed by atoms with Gasteiger partial charge in [0.05, 0.1) is 0 Å². The van der Waals surface area contributed by atoms with Crippen molar-refractivity contribution in [2.24, 2.45) is 11.8 Å². The molecule has 2 fully saturated rings. The van der Waals surface area contributed by atoms with Crippen molar-refractivity contribution in [3.8, 4) is 0 Å². The van der Waals surface area contributed by atoms with Gasteiger partial charge in [-0.25, -0.2) is 0 Å². The van der Waals surface area contributed by atoms with Crippen molar-refractivity contribution in [1.82, 2.24) is 0 Å². The summed E-state index contributed by atoms with van der Waals surface area (Å²) in [6.45, 7) is 0. The summed E-state index contributed by atoms with van der Waals surface area (Å²) < 4.78 is 0. The van der Waals surface area contributed by atoms with Gasteiger partial charge in [-0.05, 0) is 11.8 Å². The molecule has 0 aromatic heterocycles. The molecule has 0 bridgehead atoms. The summed E-state index contributed by atoms with van der Waals surface area (Å²) in [5.41, 5.74) is 0. The highest BCUT2D eigenvalue weighted by Crippen LogP contribution is 2.34. The number of hydrogen-bond acceptors (Lipinski definition) is 0. The minimum atomic E-state index is 1.07. The van der Waals surface area contributed by atoms with Crippen molar-refractivity contribution in [2.45, 2.75) is 154 Å². The average Bonchev–Trinajstić information content (AvgIpc) is 2.64. The van der Waals surface area contributed by atoms with Crippen LogP contribution in [0.25, 0.3) is 0 Å². The summed E-state index contributed by atoms with van der Waals surface area (Å²) >= 11 is 0. The van der Waals surface area contributed by atoms with E-state index in [4.69, 9.17) is 0 Å². The maximum Gasteiger partial charge on any atom is -0.0386 e. The van der Waals surface area contributed by atoms with E-state index in [0.29, 0.717) is 0 Å². The van der Waals surface area contributed by atoms with Gasteiger partial charge in [0.15, 0.2) is 0 Å². The Labute approximate surface area is 166 Å². The first-order valence-corrected chi connectivity index (χ1v) is 13.0. The summed E-state index contributed by atoms with van der Waals surface area (Å²) in [4.78, 5) is 0. The fraction of sp³-hybridized carbons (Fsp3) is 1.00. The molecule has 26 heavy (non-hydrogen) atoms. The first-order valence-electron chi connectivity index (χ1n) is 13.0. The van der Waals surface area contributed by atoms with Crippen LogP contribution in [0.3, 0.4) is 0 Å². The smallest absolute Gasteiger partial charge is 0.0386 e. The molecule has 0 heterocycles. The molecule has 0 saturated heterocycles. The van der Waals surface area contributed by atoms with Crippen LogP contribution in [0.15, 0.2) is 0 Å². The second kappa shape index (κ2) is 16.0. The quantitative estimate of drug-likeness (QED) is 0.435. The van der Waals surface area contributed by atoms with Gasteiger partial charge in [0.1, 0.15) is 0 Å². The highest BCUT2D eigenvalue weighted by molar-refractivity contribution is 4.72. The van der Waals surface area contributed by atoms with Gasteiger partial charge < -0.3 is 0 Å². The van der Waals surface area contributed by atoms with Gasteiger partial charge in [0.25, 0.3) is 0 Å². The van der Waals surface area contributed by atoms with Crippen LogP contribution in [0.2, 0.25) is 0 Å². The Morgan fingerprint density at radius 2 is 0.346 bits per heavy atom. The maximum atomic E-state index is 1.56. The third-order valence-corrected chi connectivity index (χ3v) is 7.47. The van der Waals surface area contributed by atoms with Crippen LogP contribution < -0.4 is 0 Å². The molecule has 0 nitrogen and oxygen atoms in total. The lowest BCUT2D eigenvalue weighted by Gasteiger charge is -2.28. The molecular weight excluding hydrogens is 312 g/mol. The van der Waals surface area contributed by atoms with Crippen molar-refractivity contribution >= 4 is 0 Å². The second-order valence-electron chi connectivity index (χ2n) is 9.75. The van der Waals surface area contributed by atoms with Gasteiger partial charge in [-0.15, -0.1) is 0 Å². The molecular formula is C26H50. The maximum absolute atomic E-state index is 1.56. The van der Waals surface area contributed by atoms with Crippen LogP contribution in [0, 0.1) is 11.8 Å². The molecule has 0 aromatic rings. The Morgan fingerprint density at radius 1 is 0.192 bits per heavy atom. The predicted octanol–water partition coefficient (Wildman–Crippen LogP) is 9.61. The Morgan fingerprint density at radius 3 is 0.538 bits per heavy atom. The zero-order valence-electron chi connectivity index (χ0n) is 18.1. The lowest BCUT2D eigenvalue weighted by atomic mass is 9.77. The molecule has 0 heteroatoms. The molecule has 0 amide bonds. The van der Waals surface area contributed by atoms with Crippen molar-refractivity contribution in [3.63, 3.8) is 0 Å². The van der Waals surface area contributed by atoms with Crippen molar-refractivity contribution in [3.05, 3.63) is 0 Å². The Bertz CT molecular complexity index is 268. The third-order valence-electron chi connectivity index (χ3n) is 7.47. The zero-order valence-corrected chi connectivity index (χ0v) is 18.1. The normalized spacial score (nSPS) is 26.3. The SMILES string of the molecule is C1CCCCCCC(C2CCCCCCCCCCC2)CCCCCC1. The first-order chi connectivity index (χ1) is 13.0. The van der Waals surface area contributed by atoms with E-state index in [2.05, 4.69) is 0 Å². The fourth-order valence-electron chi connectivity index (χ4n) is 5.69. The van der Waals surface area contributed by atoms with E-state index in [1.54, 1.807) is 25.7 Å². The Balaban J connectivity index is 1.82. The van der Waals surface area contributed by atoms with E-state index in [1.807, 2.05) is 0 Å². The van der Waals surface area contributed by atoms with Crippen LogP contribution in [-0.2, 0) is 0 Å². The van der Waals surface area contributed by atoms with Gasteiger partial charge in [0, 0.05) is 0 Å². The minimum absolute atomic E-state index is 1.07. The van der Waals surface area contributed by atoms with E-state index < -0.39 is 0 Å². The molecule has 0 spiro atoms. The molecule has 2 aliphatic rings. The molecule has 0 unspecified atom stereocenters. The topological polar surface area (TPSA) is 0 Å². The summed E-state index contributed by atoms with van der Waals surface area (Å²) in [5, 5.41) is 0. The third kappa shape index (κ3) is 11.0. The fourth-order valence-corrected chi connectivity index (χ4v) is 5.69. The van der Waals surface area contributed by atoms with Gasteiger partial charge in [-0.1, -0.05) is 154 Å². The van der Waals surface area contributed by atoms with E-state index in [9.17, 15) is 0 Å². The Hall–Kier alpha value is 0. The lowest BCUT2D eigenvalue weighted by Crippen LogP contribution is -2.16. The van der Waals surface area contributed by atoms with Gasteiger partial charge >= 0.3 is 0 Å². The highest BCUT2D eigenvalue weighted by atomic mass is 14.3. The van der Waals surface area contributed by atoms with E-state index in [1.165, 1.54) is 128 Å². The van der Waals surface area contributed by atoms with Crippen LogP contribution in [0.5, 0.6) is 0 Å². The predicted molar refractivity (Wildman–Crippen MR) is 118 cm³/mol. The van der Waals surface area contributed by atoms with E-state index in [0.717, 1.165) is 11.8 Å². The lowest BCUT2D eigenvalue weighted by molar-refractivity contribution is 0.235. The molecule has 0 aliphatic heterocycles. The van der Waals surface area contributed by atoms with Crippen LogP contribution >= 0.6 is 0 Å². The van der Waals surface area contributed by atoms with Gasteiger partial charge in [-0.3, -0.25) is 0 Å². The molecule has 0 atom stereocenters. The van der Waals surface area contributed by atoms with Crippen LogP contribution in [-0.4, -0.2) is 0 Å². The Kier molecular flexibility index (Phi) is 13.7. The van der Waals surface area contributed by atoms with E-state index >= 15 is 0 Å². The monoisotopic (exact) mass is 362 g/mol. The zero-order chi connectivity index (χ0) is 18.1. The van der Waals surface area contributed by atoms with Gasteiger partial charge in [-0.2, -0.15) is 0 Å². The summed E-state index contributed by atoms with van der Waals surface area (Å²) in [7, 11) is 0. The number of rotatable bonds is 1. The molecule has 0 N–H and O–H groups in total. The summed E-state index contributed by atoms with van der Waals surface area (Å²) in [5.74, 6) is 2.14. The van der Waals surface area contributed by atoms with Crippen molar-refractivity contribution < 1.29 is 0 Å². The van der Waals surface area contributed by atoms with E-state index in [-0.39, 0.29) is 0 Å². The highest BCUT2D eigenvalue weighted by Gasteiger charge is 2.20. The summed E-state index contributed by atoms with van der Waals surface area (Å²) in [6, 6.07) is 0. The van der Waals surface area contributed by atoms with Gasteiger partial charge in [0.2, 0.25) is 0 Å². The largest absolute Gasteiger partial charge is 0.0533 e. The molecule has 2 rings (SSSR count). The standard InChI is InChI=1S/C26H50/c1-2-5-9-13-17-21-25(22-18-14-10-6-3-1)26-23-19-15-11-7-4-8-12-16-20-24-26/h25-26H,1-24H2. The minimum Gasteiger partial charge on any atom is -0.0533 e. The average molecular weight is 363 g/mol. The van der Waals surface area contributed by atoms with Crippen molar-refractivity contribution in [2.75, 3.05) is 0 Å². The van der Waals surface area contributed by atoms with Crippen LogP contribution in [0.4, 0.5) is 0 Å². The van der Waals surface area contributed by atoms with Crippen LogP contribution in [0.1, 0.15) is 154 Å². The molecule has 0 aromatic carbocycles. The first kappa shape index (κ1) is 22.3.